The quantitative estimate of drug-likeness (QED) is 0.289. The lowest BCUT2D eigenvalue weighted by Crippen LogP contribution is -2.38. The number of anilines is 3. The zero-order valence-corrected chi connectivity index (χ0v) is 22.0. The Balaban J connectivity index is 1.52. The molecule has 4 rings (SSSR count). The number of hydrogen-bond acceptors (Lipinski definition) is 5. The fourth-order valence-corrected chi connectivity index (χ4v) is 6.09. The van der Waals surface area contributed by atoms with Crippen LogP contribution in [0.25, 0.3) is 0 Å². The SMILES string of the molecule is O=C(CN(c1ccccc1F)S(=O)(=O)c1ccccc1)Nc1ccc(S(=O)(=O)Nc2ccc(Cl)cc2)cc1. The molecular formula is C26H21ClFN3O5S2. The molecule has 38 heavy (non-hydrogen) atoms. The van der Waals surface area contributed by atoms with Crippen molar-refractivity contribution in [1.82, 2.24) is 0 Å². The van der Waals surface area contributed by atoms with Crippen molar-refractivity contribution in [2.75, 3.05) is 20.9 Å². The van der Waals surface area contributed by atoms with Crippen molar-refractivity contribution in [1.29, 1.82) is 0 Å². The van der Waals surface area contributed by atoms with E-state index in [-0.39, 0.29) is 21.2 Å². The maximum atomic E-state index is 14.6. The molecule has 0 aliphatic carbocycles. The van der Waals surface area contributed by atoms with Crippen LogP contribution in [0, 0.1) is 5.82 Å². The first-order valence-corrected chi connectivity index (χ1v) is 14.4. The average molecular weight is 574 g/mol. The Bertz CT molecular complexity index is 1650. The van der Waals surface area contributed by atoms with Crippen molar-refractivity contribution >= 4 is 54.6 Å². The topological polar surface area (TPSA) is 113 Å². The molecule has 0 fully saturated rings. The summed E-state index contributed by atoms with van der Waals surface area (Å²) in [6.07, 6.45) is 0. The molecule has 0 unspecified atom stereocenters. The number of hydrogen-bond donors (Lipinski definition) is 2. The Morgan fingerprint density at radius 1 is 0.737 bits per heavy atom. The van der Waals surface area contributed by atoms with E-state index < -0.39 is 38.3 Å². The molecule has 0 spiro atoms. The summed E-state index contributed by atoms with van der Waals surface area (Å²) in [4.78, 5) is 12.7. The second-order valence-electron chi connectivity index (χ2n) is 7.96. The highest BCUT2D eigenvalue weighted by molar-refractivity contribution is 7.93. The highest BCUT2D eigenvalue weighted by Crippen LogP contribution is 2.26. The number of halogens is 2. The summed E-state index contributed by atoms with van der Waals surface area (Å²) < 4.78 is 69.6. The standard InChI is InChI=1S/C26H21ClFN3O5S2/c27-19-10-12-21(13-11-19)30-37(33,34)22-16-14-20(15-17-22)29-26(32)18-31(25-9-5-4-8-24(25)28)38(35,36)23-6-2-1-3-7-23/h1-17,30H,18H2,(H,29,32). The van der Waals surface area contributed by atoms with Gasteiger partial charge in [0.15, 0.2) is 0 Å². The van der Waals surface area contributed by atoms with Crippen LogP contribution >= 0.6 is 11.6 Å². The third kappa shape index (κ3) is 6.31. The summed E-state index contributed by atoms with van der Waals surface area (Å²) in [6, 6.07) is 24.0. The van der Waals surface area contributed by atoms with E-state index in [0.29, 0.717) is 15.0 Å². The zero-order valence-electron chi connectivity index (χ0n) is 19.6. The van der Waals surface area contributed by atoms with Crippen LogP contribution in [0.15, 0.2) is 113 Å². The molecule has 4 aromatic carbocycles. The lowest BCUT2D eigenvalue weighted by atomic mass is 10.3. The van der Waals surface area contributed by atoms with E-state index in [1.165, 1.54) is 78.9 Å². The first-order chi connectivity index (χ1) is 18.1. The second kappa shape index (κ2) is 11.2. The van der Waals surface area contributed by atoms with Crippen LogP contribution in [0.4, 0.5) is 21.5 Å². The van der Waals surface area contributed by atoms with E-state index in [2.05, 4.69) is 10.0 Å². The summed E-state index contributed by atoms with van der Waals surface area (Å²) in [5.41, 5.74) is 0.242. The molecule has 0 aliphatic rings. The lowest BCUT2D eigenvalue weighted by molar-refractivity contribution is -0.114. The molecule has 0 atom stereocenters. The van der Waals surface area contributed by atoms with Crippen LogP contribution in [-0.2, 0) is 24.8 Å². The number of carbonyl (C=O) groups is 1. The number of rotatable bonds is 9. The molecule has 0 radical (unpaired) electrons. The van der Waals surface area contributed by atoms with Gasteiger partial charge in [-0.1, -0.05) is 41.9 Å². The van der Waals surface area contributed by atoms with Gasteiger partial charge in [0.1, 0.15) is 12.4 Å². The highest BCUT2D eigenvalue weighted by Gasteiger charge is 2.29. The molecule has 0 aromatic heterocycles. The van der Waals surface area contributed by atoms with Gasteiger partial charge >= 0.3 is 0 Å². The molecule has 0 aliphatic heterocycles. The van der Waals surface area contributed by atoms with Gasteiger partial charge in [-0.05, 0) is 72.8 Å². The van der Waals surface area contributed by atoms with Gasteiger partial charge in [0.25, 0.3) is 20.0 Å². The fraction of sp³-hybridized carbons (Fsp3) is 0.0385. The Labute approximate surface area is 224 Å². The first-order valence-electron chi connectivity index (χ1n) is 11.1. The van der Waals surface area contributed by atoms with Gasteiger partial charge in [0, 0.05) is 16.4 Å². The molecule has 1 amide bonds. The summed E-state index contributed by atoms with van der Waals surface area (Å²) in [5, 5.41) is 2.98. The van der Waals surface area contributed by atoms with Crippen LogP contribution in [0.2, 0.25) is 5.02 Å². The van der Waals surface area contributed by atoms with Crippen molar-refractivity contribution in [2.45, 2.75) is 9.79 Å². The third-order valence-electron chi connectivity index (χ3n) is 5.28. The van der Waals surface area contributed by atoms with E-state index in [4.69, 9.17) is 11.6 Å². The number of nitrogens with zero attached hydrogens (tertiary/aromatic N) is 1. The van der Waals surface area contributed by atoms with E-state index >= 15 is 0 Å². The van der Waals surface area contributed by atoms with Gasteiger partial charge in [-0.2, -0.15) is 0 Å². The van der Waals surface area contributed by atoms with Gasteiger partial charge in [0.05, 0.1) is 15.5 Å². The molecule has 2 N–H and O–H groups in total. The van der Waals surface area contributed by atoms with Crippen LogP contribution in [0.1, 0.15) is 0 Å². The zero-order chi connectivity index (χ0) is 27.3. The molecule has 0 bridgehead atoms. The maximum Gasteiger partial charge on any atom is 0.264 e. The fourth-order valence-electron chi connectivity index (χ4n) is 3.45. The Hall–Kier alpha value is -3.93. The van der Waals surface area contributed by atoms with Crippen molar-refractivity contribution in [3.63, 3.8) is 0 Å². The van der Waals surface area contributed by atoms with Crippen molar-refractivity contribution < 1.29 is 26.0 Å². The molecule has 0 saturated heterocycles. The van der Waals surface area contributed by atoms with Gasteiger partial charge in [-0.3, -0.25) is 13.8 Å². The largest absolute Gasteiger partial charge is 0.325 e. The Morgan fingerprint density at radius 3 is 1.95 bits per heavy atom. The van der Waals surface area contributed by atoms with Crippen molar-refractivity contribution in [2.24, 2.45) is 0 Å². The Kier molecular flexibility index (Phi) is 8.00. The Morgan fingerprint density at radius 2 is 1.32 bits per heavy atom. The molecule has 0 heterocycles. The predicted molar refractivity (Wildman–Crippen MR) is 145 cm³/mol. The van der Waals surface area contributed by atoms with Crippen molar-refractivity contribution in [3.8, 4) is 0 Å². The van der Waals surface area contributed by atoms with E-state index in [1.54, 1.807) is 18.2 Å². The molecule has 0 saturated carbocycles. The first kappa shape index (κ1) is 27.1. The number of carbonyl (C=O) groups excluding carboxylic acids is 1. The molecule has 12 heteroatoms. The van der Waals surface area contributed by atoms with Crippen LogP contribution in [0.5, 0.6) is 0 Å². The normalized spacial score (nSPS) is 11.5. The smallest absolute Gasteiger partial charge is 0.264 e. The average Bonchev–Trinajstić information content (AvgIpc) is 2.90. The summed E-state index contributed by atoms with van der Waals surface area (Å²) in [6.45, 7) is -0.726. The maximum absolute atomic E-state index is 14.6. The second-order valence-corrected chi connectivity index (χ2v) is 11.9. The van der Waals surface area contributed by atoms with E-state index in [1.807, 2.05) is 0 Å². The van der Waals surface area contributed by atoms with Gasteiger partial charge in [-0.25, -0.2) is 21.2 Å². The minimum atomic E-state index is -4.29. The summed E-state index contributed by atoms with van der Waals surface area (Å²) in [7, 11) is -8.20. The molecule has 8 nitrogen and oxygen atoms in total. The number of para-hydroxylation sites is 1. The number of nitrogens with one attached hydrogen (secondary N) is 2. The van der Waals surface area contributed by atoms with Crippen LogP contribution in [0.3, 0.4) is 0 Å². The predicted octanol–water partition coefficient (Wildman–Crippen LogP) is 5.11. The lowest BCUT2D eigenvalue weighted by Gasteiger charge is -2.24. The van der Waals surface area contributed by atoms with Gasteiger partial charge in [-0.15, -0.1) is 0 Å². The van der Waals surface area contributed by atoms with E-state index in [9.17, 15) is 26.0 Å². The molecule has 196 valence electrons. The molecular weight excluding hydrogens is 553 g/mol. The third-order valence-corrected chi connectivity index (χ3v) is 8.71. The summed E-state index contributed by atoms with van der Waals surface area (Å²) in [5.74, 6) is -1.58. The number of benzene rings is 4. The monoisotopic (exact) mass is 573 g/mol. The van der Waals surface area contributed by atoms with Gasteiger partial charge < -0.3 is 5.32 Å². The minimum absolute atomic E-state index is 0.0647. The van der Waals surface area contributed by atoms with Gasteiger partial charge in [0.2, 0.25) is 5.91 Å². The van der Waals surface area contributed by atoms with Crippen molar-refractivity contribution in [3.05, 3.63) is 114 Å². The number of sulfonamides is 2. The highest BCUT2D eigenvalue weighted by atomic mass is 35.5. The summed E-state index contributed by atoms with van der Waals surface area (Å²) >= 11 is 5.82. The number of amides is 1. The molecule has 4 aromatic rings. The van der Waals surface area contributed by atoms with Crippen LogP contribution < -0.4 is 14.3 Å². The minimum Gasteiger partial charge on any atom is -0.325 e. The van der Waals surface area contributed by atoms with Crippen LogP contribution in [-0.4, -0.2) is 29.3 Å². The van der Waals surface area contributed by atoms with E-state index in [0.717, 1.165) is 6.07 Å².